The maximum atomic E-state index is 5.71. The molecule has 0 spiro atoms. The Balaban J connectivity index is 0.000000845. The van der Waals surface area contributed by atoms with Gasteiger partial charge in [-0.15, -0.1) is 24.8 Å². The summed E-state index contributed by atoms with van der Waals surface area (Å²) in [4.78, 5) is 3.96. The van der Waals surface area contributed by atoms with Crippen LogP contribution in [0, 0.1) is 0 Å². The number of nitrogens with zero attached hydrogens (tertiary/aromatic N) is 1. The fraction of sp³-hybridized carbons (Fsp3) is 0. The first-order valence-electron chi connectivity index (χ1n) is 3.68. The molecular formula is C9H11Cl2N3. The zero-order chi connectivity index (χ0) is 8.55. The van der Waals surface area contributed by atoms with Crippen molar-refractivity contribution in [3.63, 3.8) is 0 Å². The van der Waals surface area contributed by atoms with Crippen molar-refractivity contribution < 1.29 is 0 Å². The quantitative estimate of drug-likeness (QED) is 0.732. The monoisotopic (exact) mass is 231 g/mol. The normalized spacial score (nSPS) is 8.86. The van der Waals surface area contributed by atoms with E-state index in [1.165, 1.54) is 0 Å². The van der Waals surface area contributed by atoms with E-state index in [0.29, 0.717) is 11.5 Å². The van der Waals surface area contributed by atoms with Crippen LogP contribution in [0.15, 0.2) is 30.5 Å². The highest BCUT2D eigenvalue weighted by Gasteiger charge is 1.99. The minimum absolute atomic E-state index is 0. The number of aromatic nitrogens is 1. The van der Waals surface area contributed by atoms with Crippen LogP contribution in [0.25, 0.3) is 10.8 Å². The van der Waals surface area contributed by atoms with E-state index in [4.69, 9.17) is 11.5 Å². The highest BCUT2D eigenvalue weighted by molar-refractivity contribution is 5.98. The number of nitrogen functional groups attached to an aromatic ring is 2. The van der Waals surface area contributed by atoms with E-state index < -0.39 is 0 Å². The first kappa shape index (κ1) is 12.8. The summed E-state index contributed by atoms with van der Waals surface area (Å²) >= 11 is 0. The Kier molecular flexibility index (Phi) is 4.47. The molecule has 0 aliphatic carbocycles. The van der Waals surface area contributed by atoms with Crippen LogP contribution < -0.4 is 11.5 Å². The zero-order valence-electron chi connectivity index (χ0n) is 7.31. The Bertz CT molecular complexity index is 391. The van der Waals surface area contributed by atoms with Crippen LogP contribution >= 0.6 is 24.8 Å². The third-order valence-electron chi connectivity index (χ3n) is 1.86. The minimum atomic E-state index is 0. The lowest BCUT2D eigenvalue weighted by Crippen LogP contribution is -1.94. The van der Waals surface area contributed by atoms with Crippen LogP contribution in [0.3, 0.4) is 0 Å². The highest BCUT2D eigenvalue weighted by atomic mass is 35.5. The smallest absolute Gasteiger partial charge is 0.131 e. The Morgan fingerprint density at radius 2 is 1.50 bits per heavy atom. The van der Waals surface area contributed by atoms with Crippen LogP contribution in [-0.4, -0.2) is 4.98 Å². The van der Waals surface area contributed by atoms with E-state index in [0.717, 1.165) is 10.8 Å². The number of hydrogen-bond donors (Lipinski definition) is 2. The van der Waals surface area contributed by atoms with Crippen molar-refractivity contribution in [3.05, 3.63) is 30.5 Å². The average molecular weight is 232 g/mol. The molecule has 0 amide bonds. The van der Waals surface area contributed by atoms with Crippen LogP contribution in [0.2, 0.25) is 0 Å². The molecule has 0 atom stereocenters. The van der Waals surface area contributed by atoms with Gasteiger partial charge < -0.3 is 11.5 Å². The second-order valence-electron chi connectivity index (χ2n) is 2.64. The summed E-state index contributed by atoms with van der Waals surface area (Å²) in [5.74, 6) is 0.528. The van der Waals surface area contributed by atoms with Gasteiger partial charge >= 0.3 is 0 Å². The fourth-order valence-corrected chi connectivity index (χ4v) is 1.24. The van der Waals surface area contributed by atoms with Gasteiger partial charge in [0.05, 0.1) is 11.9 Å². The molecule has 0 saturated heterocycles. The third kappa shape index (κ3) is 2.00. The van der Waals surface area contributed by atoms with E-state index in [2.05, 4.69) is 4.98 Å². The molecule has 0 fully saturated rings. The molecule has 0 aliphatic rings. The predicted octanol–water partition coefficient (Wildman–Crippen LogP) is 2.24. The summed E-state index contributed by atoms with van der Waals surface area (Å²) in [6.45, 7) is 0. The molecule has 5 heteroatoms. The standard InChI is InChI=1S/C9H9N3.2ClH/c10-8-5-12-9(11)7-4-2-1-3-6(7)8;;/h1-5H,10H2,(H2,11,12);2*1H. The van der Waals surface area contributed by atoms with Gasteiger partial charge in [0, 0.05) is 10.8 Å². The van der Waals surface area contributed by atoms with Crippen LogP contribution in [-0.2, 0) is 0 Å². The van der Waals surface area contributed by atoms with Gasteiger partial charge in [-0.2, -0.15) is 0 Å². The number of hydrogen-bond acceptors (Lipinski definition) is 3. The highest BCUT2D eigenvalue weighted by Crippen LogP contribution is 2.23. The molecule has 76 valence electrons. The first-order valence-corrected chi connectivity index (χ1v) is 3.68. The summed E-state index contributed by atoms with van der Waals surface area (Å²) in [6, 6.07) is 7.69. The number of benzene rings is 1. The van der Waals surface area contributed by atoms with Gasteiger partial charge in [-0.1, -0.05) is 24.3 Å². The summed E-state index contributed by atoms with van der Waals surface area (Å²) in [6.07, 6.45) is 1.58. The van der Waals surface area contributed by atoms with Crippen LogP contribution in [0.1, 0.15) is 0 Å². The maximum Gasteiger partial charge on any atom is 0.131 e. The third-order valence-corrected chi connectivity index (χ3v) is 1.86. The summed E-state index contributed by atoms with van der Waals surface area (Å²) in [7, 11) is 0. The molecule has 0 unspecified atom stereocenters. The van der Waals surface area contributed by atoms with Gasteiger partial charge in [0.1, 0.15) is 5.82 Å². The molecule has 0 bridgehead atoms. The molecule has 4 N–H and O–H groups in total. The number of anilines is 2. The molecule has 1 aromatic heterocycles. The van der Waals surface area contributed by atoms with Gasteiger partial charge in [-0.05, 0) is 0 Å². The largest absolute Gasteiger partial charge is 0.397 e. The van der Waals surface area contributed by atoms with Crippen molar-refractivity contribution in [2.45, 2.75) is 0 Å². The maximum absolute atomic E-state index is 5.71. The second kappa shape index (κ2) is 4.88. The molecule has 1 heterocycles. The van der Waals surface area contributed by atoms with Crippen molar-refractivity contribution in [1.82, 2.24) is 4.98 Å². The van der Waals surface area contributed by atoms with Crippen molar-refractivity contribution >= 4 is 47.1 Å². The lowest BCUT2D eigenvalue weighted by atomic mass is 10.1. The molecule has 0 radical (unpaired) electrons. The van der Waals surface area contributed by atoms with Gasteiger partial charge in [0.2, 0.25) is 0 Å². The second-order valence-corrected chi connectivity index (χ2v) is 2.64. The topological polar surface area (TPSA) is 64.9 Å². The van der Waals surface area contributed by atoms with Crippen molar-refractivity contribution in [1.29, 1.82) is 0 Å². The molecule has 2 rings (SSSR count). The Morgan fingerprint density at radius 3 is 2.07 bits per heavy atom. The summed E-state index contributed by atoms with van der Waals surface area (Å²) in [5, 5.41) is 1.88. The molecule has 2 aromatic rings. The number of halogens is 2. The number of nitrogens with two attached hydrogens (primary N) is 2. The van der Waals surface area contributed by atoms with Crippen molar-refractivity contribution in [2.75, 3.05) is 11.5 Å². The number of rotatable bonds is 0. The zero-order valence-corrected chi connectivity index (χ0v) is 8.94. The molecule has 0 aliphatic heterocycles. The van der Waals surface area contributed by atoms with Gasteiger partial charge in [-0.3, -0.25) is 0 Å². The first-order chi connectivity index (χ1) is 5.79. The van der Waals surface area contributed by atoms with E-state index in [1.54, 1.807) is 6.20 Å². The minimum Gasteiger partial charge on any atom is -0.397 e. The molecule has 0 saturated carbocycles. The molecule has 1 aromatic carbocycles. The van der Waals surface area contributed by atoms with Crippen LogP contribution in [0.5, 0.6) is 0 Å². The van der Waals surface area contributed by atoms with E-state index in [1.807, 2.05) is 24.3 Å². The van der Waals surface area contributed by atoms with E-state index in [9.17, 15) is 0 Å². The number of fused-ring (bicyclic) bond motifs is 1. The lowest BCUT2D eigenvalue weighted by Gasteiger charge is -2.02. The van der Waals surface area contributed by atoms with E-state index in [-0.39, 0.29) is 24.8 Å². The number of pyridine rings is 1. The summed E-state index contributed by atoms with van der Waals surface area (Å²) in [5.41, 5.74) is 12.0. The molecular weight excluding hydrogens is 221 g/mol. The van der Waals surface area contributed by atoms with E-state index >= 15 is 0 Å². The van der Waals surface area contributed by atoms with Crippen molar-refractivity contribution in [2.24, 2.45) is 0 Å². The predicted molar refractivity (Wildman–Crippen MR) is 65.1 cm³/mol. The summed E-state index contributed by atoms with van der Waals surface area (Å²) < 4.78 is 0. The van der Waals surface area contributed by atoms with Crippen molar-refractivity contribution in [3.8, 4) is 0 Å². The Labute approximate surface area is 94.3 Å². The molecule has 14 heavy (non-hydrogen) atoms. The fourth-order valence-electron chi connectivity index (χ4n) is 1.24. The van der Waals surface area contributed by atoms with Crippen LogP contribution in [0.4, 0.5) is 11.5 Å². The van der Waals surface area contributed by atoms with Gasteiger partial charge in [0.15, 0.2) is 0 Å². The SMILES string of the molecule is Cl.Cl.Nc1cnc(N)c2ccccc12. The Morgan fingerprint density at radius 1 is 0.929 bits per heavy atom. The van der Waals surface area contributed by atoms with Gasteiger partial charge in [0.25, 0.3) is 0 Å². The Hall–Kier alpha value is -1.19. The lowest BCUT2D eigenvalue weighted by molar-refractivity contribution is 1.37. The average Bonchev–Trinajstić information content (AvgIpc) is 2.12. The molecule has 3 nitrogen and oxygen atoms in total. The van der Waals surface area contributed by atoms with Gasteiger partial charge in [-0.25, -0.2) is 4.98 Å².